The van der Waals surface area contributed by atoms with Crippen molar-refractivity contribution in [2.45, 2.75) is 38.6 Å². The molecule has 0 fully saturated rings. The highest BCUT2D eigenvalue weighted by Gasteiger charge is 2.13. The maximum Gasteiger partial charge on any atom is 0.0812 e. The van der Waals surface area contributed by atoms with Gasteiger partial charge in [-0.2, -0.15) is 0 Å². The molecule has 2 N–H and O–H groups in total. The number of aromatic nitrogens is 3. The molecular weight excluding hydrogens is 224 g/mol. The van der Waals surface area contributed by atoms with Crippen molar-refractivity contribution in [2.24, 2.45) is 5.73 Å². The van der Waals surface area contributed by atoms with E-state index in [1.54, 1.807) is 6.20 Å². The van der Waals surface area contributed by atoms with Crippen LogP contribution in [0.1, 0.15) is 44.3 Å². The smallest absolute Gasteiger partial charge is 0.0812 e. The van der Waals surface area contributed by atoms with Crippen molar-refractivity contribution in [1.82, 2.24) is 15.0 Å². The Bertz CT molecular complexity index is 464. The molecule has 96 valence electrons. The number of hydrogen-bond acceptors (Lipinski definition) is 3. The van der Waals surface area contributed by atoms with Gasteiger partial charge in [0.15, 0.2) is 0 Å². The molecule has 0 saturated heterocycles. The summed E-state index contributed by atoms with van der Waals surface area (Å²) in [5.41, 5.74) is 8.21. The molecule has 0 spiro atoms. The molecule has 18 heavy (non-hydrogen) atoms. The summed E-state index contributed by atoms with van der Waals surface area (Å²) in [6, 6.07) is 9.99. The van der Waals surface area contributed by atoms with Gasteiger partial charge in [-0.3, -0.25) is 0 Å². The Labute approximate surface area is 108 Å². The van der Waals surface area contributed by atoms with Crippen LogP contribution in [0.5, 0.6) is 0 Å². The third-order valence-electron chi connectivity index (χ3n) is 3.08. The third kappa shape index (κ3) is 2.96. The molecule has 0 aliphatic carbocycles. The van der Waals surface area contributed by atoms with E-state index in [9.17, 15) is 0 Å². The van der Waals surface area contributed by atoms with E-state index < -0.39 is 0 Å². The second-order valence-electron chi connectivity index (χ2n) is 4.51. The molecule has 2 rings (SSSR count). The molecule has 0 radical (unpaired) electrons. The molecule has 0 aliphatic rings. The Hall–Kier alpha value is -1.68. The lowest BCUT2D eigenvalue weighted by Crippen LogP contribution is -2.15. The molecular formula is C14H20N4. The normalized spacial score (nSPS) is 12.6. The number of nitrogens with two attached hydrogens (primary N) is 1. The van der Waals surface area contributed by atoms with Gasteiger partial charge in [0, 0.05) is 6.04 Å². The number of para-hydroxylation sites is 1. The van der Waals surface area contributed by atoms with Crippen LogP contribution in [0.4, 0.5) is 0 Å². The first kappa shape index (κ1) is 12.8. The van der Waals surface area contributed by atoms with Crippen molar-refractivity contribution in [3.05, 3.63) is 42.2 Å². The van der Waals surface area contributed by atoms with Crippen LogP contribution in [-0.4, -0.2) is 15.0 Å². The average molecular weight is 244 g/mol. The van der Waals surface area contributed by atoms with Crippen molar-refractivity contribution < 1.29 is 0 Å². The molecule has 0 bridgehead atoms. The number of hydrogen-bond donors (Lipinski definition) is 1. The fraction of sp³-hybridized carbons (Fsp3) is 0.429. The summed E-state index contributed by atoms with van der Waals surface area (Å²) in [5.74, 6) is 0. The van der Waals surface area contributed by atoms with Crippen molar-refractivity contribution in [3.63, 3.8) is 0 Å². The molecule has 2 aromatic rings. The first-order valence-corrected chi connectivity index (χ1v) is 6.54. The van der Waals surface area contributed by atoms with Crippen molar-refractivity contribution >= 4 is 0 Å². The van der Waals surface area contributed by atoms with Gasteiger partial charge in [-0.1, -0.05) is 49.6 Å². The lowest BCUT2D eigenvalue weighted by atomic mass is 10.1. The van der Waals surface area contributed by atoms with Crippen LogP contribution in [0, 0.1) is 0 Å². The molecule has 0 amide bonds. The Balaban J connectivity index is 2.12. The molecule has 0 aliphatic heterocycles. The number of benzene rings is 1. The average Bonchev–Trinajstić information content (AvgIpc) is 2.89. The summed E-state index contributed by atoms with van der Waals surface area (Å²) in [5, 5.41) is 8.10. The van der Waals surface area contributed by atoms with Gasteiger partial charge in [-0.05, 0) is 18.6 Å². The summed E-state index contributed by atoms with van der Waals surface area (Å²) in [7, 11) is 0. The van der Waals surface area contributed by atoms with E-state index in [-0.39, 0.29) is 6.04 Å². The van der Waals surface area contributed by atoms with Crippen LogP contribution in [0.2, 0.25) is 0 Å². The van der Waals surface area contributed by atoms with E-state index in [1.807, 2.05) is 35.0 Å². The van der Waals surface area contributed by atoms with Crippen LogP contribution < -0.4 is 5.73 Å². The molecule has 1 aromatic heterocycles. The highest BCUT2D eigenvalue weighted by Crippen LogP contribution is 2.19. The zero-order valence-corrected chi connectivity index (χ0v) is 10.8. The zero-order valence-electron chi connectivity index (χ0n) is 10.8. The number of nitrogens with zero attached hydrogens (tertiary/aromatic N) is 3. The van der Waals surface area contributed by atoms with E-state index in [0.29, 0.717) is 0 Å². The van der Waals surface area contributed by atoms with Gasteiger partial charge in [-0.15, -0.1) is 5.10 Å². The second kappa shape index (κ2) is 6.31. The van der Waals surface area contributed by atoms with E-state index in [0.717, 1.165) is 24.2 Å². The quantitative estimate of drug-likeness (QED) is 0.795. The predicted octanol–water partition coefficient (Wildman–Crippen LogP) is 2.85. The minimum Gasteiger partial charge on any atom is -0.323 e. The monoisotopic (exact) mass is 244 g/mol. The van der Waals surface area contributed by atoms with Crippen LogP contribution in [-0.2, 0) is 0 Å². The van der Waals surface area contributed by atoms with Crippen LogP contribution in [0.3, 0.4) is 0 Å². The van der Waals surface area contributed by atoms with E-state index >= 15 is 0 Å². The topological polar surface area (TPSA) is 56.7 Å². The summed E-state index contributed by atoms with van der Waals surface area (Å²) >= 11 is 0. The standard InChI is InChI=1S/C14H20N4/c1-2-3-5-10-13(15)14-11-16-17-18(14)12-8-6-4-7-9-12/h4,6-9,11,13H,2-3,5,10,15H2,1H3. The molecule has 1 heterocycles. The van der Waals surface area contributed by atoms with Gasteiger partial charge in [0.2, 0.25) is 0 Å². The second-order valence-corrected chi connectivity index (χ2v) is 4.51. The molecule has 0 saturated carbocycles. The lowest BCUT2D eigenvalue weighted by molar-refractivity contribution is 0.556. The van der Waals surface area contributed by atoms with Gasteiger partial charge in [-0.25, -0.2) is 4.68 Å². The first-order valence-electron chi connectivity index (χ1n) is 6.54. The largest absolute Gasteiger partial charge is 0.323 e. The maximum atomic E-state index is 6.22. The lowest BCUT2D eigenvalue weighted by Gasteiger charge is -2.12. The highest BCUT2D eigenvalue weighted by molar-refractivity contribution is 5.32. The fourth-order valence-corrected chi connectivity index (χ4v) is 2.03. The zero-order chi connectivity index (χ0) is 12.8. The SMILES string of the molecule is CCCCCC(N)c1cnnn1-c1ccccc1. The van der Waals surface area contributed by atoms with Crippen LogP contribution in [0.15, 0.2) is 36.5 Å². The molecule has 1 aromatic carbocycles. The summed E-state index contributed by atoms with van der Waals surface area (Å²) in [4.78, 5) is 0. The number of unbranched alkanes of at least 4 members (excludes halogenated alkanes) is 2. The fourth-order valence-electron chi connectivity index (χ4n) is 2.03. The highest BCUT2D eigenvalue weighted by atomic mass is 15.4. The van der Waals surface area contributed by atoms with E-state index in [1.165, 1.54) is 12.8 Å². The Morgan fingerprint density at radius 3 is 2.72 bits per heavy atom. The Kier molecular flexibility index (Phi) is 4.47. The van der Waals surface area contributed by atoms with Crippen molar-refractivity contribution in [3.8, 4) is 5.69 Å². The Morgan fingerprint density at radius 1 is 1.22 bits per heavy atom. The minimum atomic E-state index is 0.00626. The van der Waals surface area contributed by atoms with E-state index in [4.69, 9.17) is 5.73 Å². The van der Waals surface area contributed by atoms with Gasteiger partial charge in [0.1, 0.15) is 0 Å². The first-order chi connectivity index (χ1) is 8.83. The molecule has 1 atom stereocenters. The maximum absolute atomic E-state index is 6.22. The van der Waals surface area contributed by atoms with Gasteiger partial charge >= 0.3 is 0 Å². The van der Waals surface area contributed by atoms with Gasteiger partial charge in [0.05, 0.1) is 17.6 Å². The minimum absolute atomic E-state index is 0.00626. The van der Waals surface area contributed by atoms with E-state index in [2.05, 4.69) is 17.2 Å². The Morgan fingerprint density at radius 2 is 2.00 bits per heavy atom. The number of rotatable bonds is 6. The van der Waals surface area contributed by atoms with Crippen LogP contribution in [0.25, 0.3) is 5.69 Å². The molecule has 4 heteroatoms. The molecule has 4 nitrogen and oxygen atoms in total. The van der Waals surface area contributed by atoms with Gasteiger partial charge < -0.3 is 5.73 Å². The third-order valence-corrected chi connectivity index (χ3v) is 3.08. The summed E-state index contributed by atoms with van der Waals surface area (Å²) < 4.78 is 1.83. The van der Waals surface area contributed by atoms with Gasteiger partial charge in [0.25, 0.3) is 0 Å². The summed E-state index contributed by atoms with van der Waals surface area (Å²) in [6.07, 6.45) is 6.33. The predicted molar refractivity (Wildman–Crippen MR) is 72.4 cm³/mol. The van der Waals surface area contributed by atoms with Crippen LogP contribution >= 0.6 is 0 Å². The molecule has 1 unspecified atom stereocenters. The van der Waals surface area contributed by atoms with Crippen molar-refractivity contribution in [1.29, 1.82) is 0 Å². The summed E-state index contributed by atoms with van der Waals surface area (Å²) in [6.45, 7) is 2.20. The van der Waals surface area contributed by atoms with Crippen molar-refractivity contribution in [2.75, 3.05) is 0 Å².